The van der Waals surface area contributed by atoms with E-state index in [9.17, 15) is 30.8 Å². The third kappa shape index (κ3) is 5.43. The van der Waals surface area contributed by atoms with Crippen molar-refractivity contribution in [3.8, 4) is 0 Å². The van der Waals surface area contributed by atoms with Gasteiger partial charge in [0.1, 0.15) is 10.6 Å². The maximum atomic E-state index is 14.1. The number of sulfone groups is 1. The molecule has 11 heteroatoms. The highest BCUT2D eigenvalue weighted by molar-refractivity contribution is 9.10. The molecule has 1 saturated heterocycles. The summed E-state index contributed by atoms with van der Waals surface area (Å²) < 4.78 is 80.8. The van der Waals surface area contributed by atoms with Gasteiger partial charge in [0.2, 0.25) is 5.91 Å². The first-order chi connectivity index (χ1) is 18.9. The maximum Gasteiger partial charge on any atom is 0.416 e. The van der Waals surface area contributed by atoms with Gasteiger partial charge in [-0.15, -0.1) is 0 Å². The molecule has 5 nitrogen and oxygen atoms in total. The Morgan fingerprint density at radius 2 is 1.55 bits per heavy atom. The van der Waals surface area contributed by atoms with E-state index in [4.69, 9.17) is 0 Å². The van der Waals surface area contributed by atoms with Gasteiger partial charge in [-0.3, -0.25) is 9.69 Å². The van der Waals surface area contributed by atoms with E-state index in [1.165, 1.54) is 12.1 Å². The highest BCUT2D eigenvalue weighted by Crippen LogP contribution is 2.48. The topological polar surface area (TPSA) is 57.7 Å². The number of nitrogens with zero attached hydrogens (tertiary/aromatic N) is 2. The molecule has 1 aliphatic carbocycles. The van der Waals surface area contributed by atoms with Crippen molar-refractivity contribution >= 4 is 37.4 Å². The third-order valence-electron chi connectivity index (χ3n) is 8.03. The summed E-state index contributed by atoms with van der Waals surface area (Å²) in [6, 6.07) is 16.5. The average Bonchev–Trinajstić information content (AvgIpc) is 2.93. The van der Waals surface area contributed by atoms with Crippen LogP contribution in [-0.2, 0) is 25.6 Å². The molecule has 2 fully saturated rings. The zero-order valence-corrected chi connectivity index (χ0v) is 23.8. The molecule has 40 heavy (non-hydrogen) atoms. The van der Waals surface area contributed by atoms with E-state index >= 15 is 0 Å². The van der Waals surface area contributed by atoms with Gasteiger partial charge in [-0.05, 0) is 85.8 Å². The lowest BCUT2D eigenvalue weighted by atomic mass is 9.80. The molecule has 1 saturated carbocycles. The Morgan fingerprint density at radius 3 is 2.12 bits per heavy atom. The highest BCUT2D eigenvalue weighted by atomic mass is 79.9. The van der Waals surface area contributed by atoms with E-state index in [1.54, 1.807) is 41.3 Å². The fourth-order valence-electron chi connectivity index (χ4n) is 5.87. The Morgan fingerprint density at radius 1 is 0.900 bits per heavy atom. The Kier molecular flexibility index (Phi) is 7.84. The van der Waals surface area contributed by atoms with Crippen LogP contribution in [0.15, 0.2) is 82.2 Å². The molecular formula is C29H27BrF4N2O3S. The number of carbonyl (C=O) groups excluding carboxylic acids is 1. The van der Waals surface area contributed by atoms with Crippen LogP contribution in [0.25, 0.3) is 0 Å². The average molecular weight is 640 g/mol. The van der Waals surface area contributed by atoms with Crippen molar-refractivity contribution in [2.45, 2.75) is 47.5 Å². The van der Waals surface area contributed by atoms with Crippen molar-refractivity contribution in [2.75, 3.05) is 24.5 Å². The zero-order valence-electron chi connectivity index (χ0n) is 21.4. The summed E-state index contributed by atoms with van der Waals surface area (Å²) in [5.41, 5.74) is 0.182. The Bertz CT molecular complexity index is 1490. The fourth-order valence-corrected chi connectivity index (χ4v) is 8.30. The number of amides is 1. The number of rotatable bonds is 5. The molecule has 0 spiro atoms. The highest BCUT2D eigenvalue weighted by Gasteiger charge is 2.49. The molecule has 1 amide bonds. The second-order valence-electron chi connectivity index (χ2n) is 10.3. The van der Waals surface area contributed by atoms with Crippen molar-refractivity contribution in [3.05, 3.63) is 94.2 Å². The second-order valence-corrected chi connectivity index (χ2v) is 13.4. The van der Waals surface area contributed by atoms with Crippen LogP contribution < -0.4 is 4.90 Å². The van der Waals surface area contributed by atoms with Gasteiger partial charge in [0, 0.05) is 29.3 Å². The van der Waals surface area contributed by atoms with Crippen LogP contribution in [0.3, 0.4) is 0 Å². The van der Waals surface area contributed by atoms with Gasteiger partial charge in [-0.25, -0.2) is 12.8 Å². The molecule has 2 aliphatic rings. The summed E-state index contributed by atoms with van der Waals surface area (Å²) in [6.07, 6.45) is -3.09. The number of carbonyl (C=O) groups is 1. The molecule has 0 unspecified atom stereocenters. The SMILES string of the molecule is O=C1CN(C2CCC(c3ccc(Br)cc3)(S(=O)(=O)c3ccc(C(F)(F)F)cc3)CC2)CCN1c1cccc(F)c1. The van der Waals surface area contributed by atoms with Crippen LogP contribution in [-0.4, -0.2) is 44.9 Å². The van der Waals surface area contributed by atoms with E-state index in [1.807, 2.05) is 4.90 Å². The fraction of sp³-hybridized carbons (Fsp3) is 0.345. The zero-order chi connectivity index (χ0) is 28.7. The standard InChI is InChI=1S/C29H27BrF4N2O3S/c30-22-8-4-20(5-9-22)28(40(38,39)26-10-6-21(7-11-26)29(32,33)34)14-12-24(13-15-28)35-16-17-36(27(37)19-35)25-3-1-2-23(31)18-25/h1-11,18,24H,12-17,19H2. The van der Waals surface area contributed by atoms with E-state index in [0.29, 0.717) is 37.2 Å². The molecular weight excluding hydrogens is 612 g/mol. The third-order valence-corrected chi connectivity index (χ3v) is 11.1. The van der Waals surface area contributed by atoms with Crippen molar-refractivity contribution in [1.82, 2.24) is 4.90 Å². The molecule has 1 aliphatic heterocycles. The molecule has 3 aromatic rings. The molecule has 1 heterocycles. The van der Waals surface area contributed by atoms with E-state index < -0.39 is 32.1 Å². The quantitative estimate of drug-likeness (QED) is 0.297. The van der Waals surface area contributed by atoms with Crippen molar-refractivity contribution < 1.29 is 30.8 Å². The van der Waals surface area contributed by atoms with E-state index in [-0.39, 0.29) is 36.2 Å². The van der Waals surface area contributed by atoms with Gasteiger partial charge in [0.05, 0.1) is 17.0 Å². The van der Waals surface area contributed by atoms with Crippen LogP contribution in [0.2, 0.25) is 0 Å². The van der Waals surface area contributed by atoms with Gasteiger partial charge >= 0.3 is 6.18 Å². The van der Waals surface area contributed by atoms with Gasteiger partial charge in [0.25, 0.3) is 0 Å². The minimum Gasteiger partial charge on any atom is -0.310 e. The number of piperazine rings is 1. The molecule has 0 aromatic heterocycles. The molecule has 212 valence electrons. The van der Waals surface area contributed by atoms with Crippen LogP contribution in [0.1, 0.15) is 36.8 Å². The largest absolute Gasteiger partial charge is 0.416 e. The summed E-state index contributed by atoms with van der Waals surface area (Å²) >= 11 is 3.38. The van der Waals surface area contributed by atoms with Gasteiger partial charge in [0.15, 0.2) is 9.84 Å². The van der Waals surface area contributed by atoms with Crippen molar-refractivity contribution in [1.29, 1.82) is 0 Å². The first kappa shape index (κ1) is 28.8. The summed E-state index contributed by atoms with van der Waals surface area (Å²) in [6.45, 7) is 1.09. The minimum absolute atomic E-state index is 0.0370. The lowest BCUT2D eigenvalue weighted by molar-refractivity contribution is -0.137. The molecule has 3 aromatic carbocycles. The predicted octanol–water partition coefficient (Wildman–Crippen LogP) is 6.57. The van der Waals surface area contributed by atoms with Crippen LogP contribution in [0.4, 0.5) is 23.2 Å². The van der Waals surface area contributed by atoms with Crippen molar-refractivity contribution in [2.24, 2.45) is 0 Å². The van der Waals surface area contributed by atoms with Crippen LogP contribution in [0, 0.1) is 5.82 Å². The molecule has 0 bridgehead atoms. The predicted molar refractivity (Wildman–Crippen MR) is 147 cm³/mol. The lowest BCUT2D eigenvalue weighted by Gasteiger charge is -2.45. The maximum absolute atomic E-state index is 14.1. The van der Waals surface area contributed by atoms with Crippen LogP contribution >= 0.6 is 15.9 Å². The monoisotopic (exact) mass is 638 g/mol. The smallest absolute Gasteiger partial charge is 0.310 e. The first-order valence-electron chi connectivity index (χ1n) is 12.9. The lowest BCUT2D eigenvalue weighted by Crippen LogP contribution is -2.55. The normalized spacial score (nSPS) is 22.9. The number of hydrogen-bond donors (Lipinski definition) is 0. The Balaban J connectivity index is 1.38. The summed E-state index contributed by atoms with van der Waals surface area (Å²) in [4.78, 5) is 16.4. The number of alkyl halides is 3. The summed E-state index contributed by atoms with van der Waals surface area (Å²) in [7, 11) is -4.08. The molecule has 5 rings (SSSR count). The Hall–Kier alpha value is -2.76. The minimum atomic E-state index is -4.57. The second kappa shape index (κ2) is 10.9. The Labute approximate surface area is 238 Å². The molecule has 0 atom stereocenters. The number of anilines is 1. The summed E-state index contributed by atoms with van der Waals surface area (Å²) in [5, 5.41) is 0. The van der Waals surface area contributed by atoms with Crippen molar-refractivity contribution in [3.63, 3.8) is 0 Å². The van der Waals surface area contributed by atoms with Gasteiger partial charge in [-0.1, -0.05) is 34.1 Å². The first-order valence-corrected chi connectivity index (χ1v) is 15.2. The molecule has 0 N–H and O–H groups in total. The van der Waals surface area contributed by atoms with Gasteiger partial charge < -0.3 is 4.90 Å². The summed E-state index contributed by atoms with van der Waals surface area (Å²) in [5.74, 6) is -0.572. The van der Waals surface area contributed by atoms with Gasteiger partial charge in [-0.2, -0.15) is 13.2 Å². The van der Waals surface area contributed by atoms with E-state index in [0.717, 1.165) is 28.7 Å². The van der Waals surface area contributed by atoms with Crippen LogP contribution in [0.5, 0.6) is 0 Å². The number of benzene rings is 3. The number of halogens is 5. The van der Waals surface area contributed by atoms with E-state index in [2.05, 4.69) is 15.9 Å². The molecule has 0 radical (unpaired) electrons. The number of hydrogen-bond acceptors (Lipinski definition) is 4.